The van der Waals surface area contributed by atoms with E-state index in [9.17, 15) is 4.79 Å². The summed E-state index contributed by atoms with van der Waals surface area (Å²) in [6.45, 7) is 7.08. The minimum atomic E-state index is -0.0697. The molecule has 1 saturated carbocycles. The topological polar surface area (TPSA) is 46.9 Å². The summed E-state index contributed by atoms with van der Waals surface area (Å²) in [4.78, 5) is 11.9. The molecule has 1 heterocycles. The van der Waals surface area contributed by atoms with Gasteiger partial charge in [-0.05, 0) is 47.5 Å². The third-order valence-corrected chi connectivity index (χ3v) is 4.38. The van der Waals surface area contributed by atoms with Crippen LogP contribution in [0.5, 0.6) is 0 Å². The van der Waals surface area contributed by atoms with Crippen LogP contribution in [0.1, 0.15) is 40.0 Å². The van der Waals surface area contributed by atoms with Crippen molar-refractivity contribution in [1.82, 2.24) is 9.78 Å². The van der Waals surface area contributed by atoms with Crippen molar-refractivity contribution < 1.29 is 0 Å². The van der Waals surface area contributed by atoms with Gasteiger partial charge in [0.2, 0.25) is 0 Å². The minimum Gasteiger partial charge on any atom is -0.380 e. The maximum Gasteiger partial charge on any atom is 0.283 e. The molecule has 0 aromatic carbocycles. The van der Waals surface area contributed by atoms with Crippen LogP contribution in [-0.4, -0.2) is 15.8 Å². The normalized spacial score (nSPS) is 22.1. The Kier molecular flexibility index (Phi) is 3.80. The van der Waals surface area contributed by atoms with Crippen molar-refractivity contribution >= 4 is 21.6 Å². The Morgan fingerprint density at radius 1 is 1.61 bits per heavy atom. The van der Waals surface area contributed by atoms with E-state index in [0.717, 1.165) is 18.5 Å². The van der Waals surface area contributed by atoms with Gasteiger partial charge in [0.1, 0.15) is 4.47 Å². The molecule has 4 nitrogen and oxygen atoms in total. The van der Waals surface area contributed by atoms with Gasteiger partial charge in [-0.2, -0.15) is 5.10 Å². The fourth-order valence-corrected chi connectivity index (χ4v) is 2.99. The summed E-state index contributed by atoms with van der Waals surface area (Å²) in [6, 6.07) is 0.440. The number of hydrogen-bond donors (Lipinski definition) is 1. The molecule has 1 unspecified atom stereocenters. The molecule has 0 radical (unpaired) electrons. The largest absolute Gasteiger partial charge is 0.380 e. The summed E-state index contributed by atoms with van der Waals surface area (Å²) in [7, 11) is 0. The number of aryl methyl sites for hydroxylation is 1. The van der Waals surface area contributed by atoms with Gasteiger partial charge in [-0.3, -0.25) is 4.79 Å². The third kappa shape index (κ3) is 2.76. The number of anilines is 1. The molecule has 2 rings (SSSR count). The molecule has 0 aliphatic heterocycles. The molecule has 0 spiro atoms. The van der Waals surface area contributed by atoms with Gasteiger partial charge in [-0.15, -0.1) is 0 Å². The highest BCUT2D eigenvalue weighted by Gasteiger charge is 2.31. The third-order valence-electron chi connectivity index (χ3n) is 3.61. The minimum absolute atomic E-state index is 0.0697. The number of aromatic nitrogens is 2. The Bertz CT molecular complexity index is 495. The first kappa shape index (κ1) is 13.6. The lowest BCUT2D eigenvalue weighted by molar-refractivity contribution is 0.378. The average Bonchev–Trinajstić information content (AvgIpc) is 2.65. The van der Waals surface area contributed by atoms with E-state index in [-0.39, 0.29) is 5.56 Å². The standard InChI is InChI=1S/C13H20BrN3O/c1-4-17-12(18)11(14)10(8-15-17)16-9-5-6-13(2,3)7-9/h8-9,16H,4-7H2,1-3H3. The molecule has 1 aliphatic carbocycles. The summed E-state index contributed by atoms with van der Waals surface area (Å²) in [5.41, 5.74) is 1.14. The zero-order valence-corrected chi connectivity index (χ0v) is 12.7. The highest BCUT2D eigenvalue weighted by molar-refractivity contribution is 9.10. The van der Waals surface area contributed by atoms with Crippen LogP contribution in [0, 0.1) is 5.41 Å². The van der Waals surface area contributed by atoms with Gasteiger partial charge in [0.05, 0.1) is 11.9 Å². The number of nitrogens with one attached hydrogen (secondary N) is 1. The van der Waals surface area contributed by atoms with Gasteiger partial charge in [-0.25, -0.2) is 4.68 Å². The maximum atomic E-state index is 11.9. The summed E-state index contributed by atoms with van der Waals surface area (Å²) in [5.74, 6) is 0. The van der Waals surface area contributed by atoms with Crippen LogP contribution in [0.15, 0.2) is 15.5 Å². The van der Waals surface area contributed by atoms with Crippen molar-refractivity contribution in [3.8, 4) is 0 Å². The number of hydrogen-bond acceptors (Lipinski definition) is 3. The Morgan fingerprint density at radius 2 is 2.33 bits per heavy atom. The summed E-state index contributed by atoms with van der Waals surface area (Å²) in [6.07, 6.45) is 5.24. The summed E-state index contributed by atoms with van der Waals surface area (Å²) < 4.78 is 2.04. The van der Waals surface area contributed by atoms with Crippen molar-refractivity contribution in [2.24, 2.45) is 5.41 Å². The quantitative estimate of drug-likeness (QED) is 0.933. The molecule has 0 saturated heterocycles. The molecule has 1 aromatic heterocycles. The van der Waals surface area contributed by atoms with E-state index in [4.69, 9.17) is 0 Å². The average molecular weight is 314 g/mol. The molecule has 0 amide bonds. The lowest BCUT2D eigenvalue weighted by Crippen LogP contribution is -2.26. The first-order valence-corrected chi connectivity index (χ1v) is 7.24. The molecule has 1 aromatic rings. The lowest BCUT2D eigenvalue weighted by atomic mass is 9.92. The van der Waals surface area contributed by atoms with Crippen LogP contribution in [0.25, 0.3) is 0 Å². The van der Waals surface area contributed by atoms with E-state index < -0.39 is 0 Å². The predicted molar refractivity (Wildman–Crippen MR) is 76.9 cm³/mol. The summed E-state index contributed by atoms with van der Waals surface area (Å²) >= 11 is 3.37. The van der Waals surface area contributed by atoms with Crippen molar-refractivity contribution in [3.05, 3.63) is 21.0 Å². The van der Waals surface area contributed by atoms with E-state index >= 15 is 0 Å². The van der Waals surface area contributed by atoms with Crippen LogP contribution in [0.3, 0.4) is 0 Å². The fraction of sp³-hybridized carbons (Fsp3) is 0.692. The highest BCUT2D eigenvalue weighted by Crippen LogP contribution is 2.38. The van der Waals surface area contributed by atoms with Crippen molar-refractivity contribution in [3.63, 3.8) is 0 Å². The zero-order valence-electron chi connectivity index (χ0n) is 11.2. The molecule has 1 N–H and O–H groups in total. The van der Waals surface area contributed by atoms with Crippen LogP contribution in [0.2, 0.25) is 0 Å². The molecule has 5 heteroatoms. The Balaban J connectivity index is 2.16. The monoisotopic (exact) mass is 313 g/mol. The molecule has 100 valence electrons. The molecule has 18 heavy (non-hydrogen) atoms. The lowest BCUT2D eigenvalue weighted by Gasteiger charge is -2.19. The second kappa shape index (κ2) is 5.03. The van der Waals surface area contributed by atoms with E-state index in [1.54, 1.807) is 6.20 Å². The van der Waals surface area contributed by atoms with E-state index in [1.807, 2.05) is 6.92 Å². The SMILES string of the molecule is CCn1ncc(NC2CCC(C)(C)C2)c(Br)c1=O. The van der Waals surface area contributed by atoms with E-state index in [0.29, 0.717) is 22.5 Å². The molecule has 1 fully saturated rings. The van der Waals surface area contributed by atoms with Crippen molar-refractivity contribution in [2.45, 2.75) is 52.6 Å². The van der Waals surface area contributed by atoms with Crippen LogP contribution >= 0.6 is 15.9 Å². The van der Waals surface area contributed by atoms with E-state index in [2.05, 4.69) is 40.2 Å². The summed E-state index contributed by atoms with van der Waals surface area (Å²) in [5, 5.41) is 7.58. The van der Waals surface area contributed by atoms with Crippen LogP contribution in [-0.2, 0) is 6.54 Å². The fourth-order valence-electron chi connectivity index (χ4n) is 2.57. The molecule has 1 aliphatic rings. The van der Waals surface area contributed by atoms with Gasteiger partial charge < -0.3 is 5.32 Å². The second-order valence-electron chi connectivity index (χ2n) is 5.74. The van der Waals surface area contributed by atoms with Crippen LogP contribution in [0.4, 0.5) is 5.69 Å². The van der Waals surface area contributed by atoms with Crippen molar-refractivity contribution in [1.29, 1.82) is 0 Å². The highest BCUT2D eigenvalue weighted by atomic mass is 79.9. The number of halogens is 1. The van der Waals surface area contributed by atoms with Gasteiger partial charge in [0.15, 0.2) is 0 Å². The van der Waals surface area contributed by atoms with Gasteiger partial charge in [0.25, 0.3) is 5.56 Å². The Hall–Kier alpha value is -0.840. The smallest absolute Gasteiger partial charge is 0.283 e. The Labute approximate surface area is 116 Å². The number of rotatable bonds is 3. The van der Waals surface area contributed by atoms with Gasteiger partial charge >= 0.3 is 0 Å². The molecular formula is C13H20BrN3O. The maximum absolute atomic E-state index is 11.9. The first-order valence-electron chi connectivity index (χ1n) is 6.45. The predicted octanol–water partition coefficient (Wildman–Crippen LogP) is 3.02. The van der Waals surface area contributed by atoms with Crippen molar-refractivity contribution in [2.75, 3.05) is 5.32 Å². The first-order chi connectivity index (χ1) is 8.43. The van der Waals surface area contributed by atoms with Gasteiger partial charge in [-0.1, -0.05) is 13.8 Å². The zero-order chi connectivity index (χ0) is 13.3. The second-order valence-corrected chi connectivity index (χ2v) is 6.53. The van der Waals surface area contributed by atoms with Gasteiger partial charge in [0, 0.05) is 12.6 Å². The molecular weight excluding hydrogens is 294 g/mol. The molecule has 0 bridgehead atoms. The number of nitrogens with zero attached hydrogens (tertiary/aromatic N) is 2. The van der Waals surface area contributed by atoms with E-state index in [1.165, 1.54) is 11.1 Å². The molecule has 1 atom stereocenters. The van der Waals surface area contributed by atoms with Crippen LogP contribution < -0.4 is 10.9 Å². The Morgan fingerprint density at radius 3 is 2.89 bits per heavy atom.